The van der Waals surface area contributed by atoms with Crippen LogP contribution in [0.1, 0.15) is 5.56 Å². The van der Waals surface area contributed by atoms with Crippen molar-refractivity contribution in [1.82, 2.24) is 9.88 Å². The molecule has 1 aromatic heterocycles. The molecule has 0 bridgehead atoms. The summed E-state index contributed by atoms with van der Waals surface area (Å²) in [6.45, 7) is 2.87. The lowest BCUT2D eigenvalue weighted by Gasteiger charge is -2.36. The molecule has 0 N–H and O–H groups in total. The minimum Gasteiger partial charge on any atom is -0.353 e. The standard InChI is InChI=1S/C16H16N4O/c17-12-13-5-6-18-15(11-13)19-7-9-20(10-8-19)16(21)14-3-1-2-4-14/h1-6,11,14H,7-10H2. The van der Waals surface area contributed by atoms with Crippen LogP contribution in [0.3, 0.4) is 0 Å². The molecule has 0 saturated carbocycles. The Hall–Kier alpha value is -2.61. The molecule has 0 radical (unpaired) electrons. The van der Waals surface area contributed by atoms with E-state index >= 15 is 0 Å². The predicted molar refractivity (Wildman–Crippen MR) is 79.5 cm³/mol. The minimum atomic E-state index is -0.100. The zero-order valence-electron chi connectivity index (χ0n) is 11.6. The SMILES string of the molecule is N#Cc1ccnc(N2CCN(C(=O)C3C=CC=C3)CC2)c1. The van der Waals surface area contributed by atoms with Crippen molar-refractivity contribution < 1.29 is 4.79 Å². The Balaban J connectivity index is 1.62. The second kappa shape index (κ2) is 5.80. The number of hydrogen-bond acceptors (Lipinski definition) is 4. The number of anilines is 1. The summed E-state index contributed by atoms with van der Waals surface area (Å²) in [5, 5.41) is 8.93. The van der Waals surface area contributed by atoms with Gasteiger partial charge in [0.25, 0.3) is 0 Å². The third-order valence-electron chi connectivity index (χ3n) is 3.82. The Bertz CT molecular complexity index is 624. The Morgan fingerprint density at radius 3 is 2.62 bits per heavy atom. The molecule has 1 amide bonds. The van der Waals surface area contributed by atoms with Gasteiger partial charge in [-0.15, -0.1) is 0 Å². The molecule has 0 spiro atoms. The molecule has 1 aliphatic carbocycles. The number of pyridine rings is 1. The van der Waals surface area contributed by atoms with Crippen LogP contribution in [0, 0.1) is 17.2 Å². The van der Waals surface area contributed by atoms with Crippen molar-refractivity contribution >= 4 is 11.7 Å². The van der Waals surface area contributed by atoms with Crippen LogP contribution in [-0.2, 0) is 4.79 Å². The van der Waals surface area contributed by atoms with E-state index < -0.39 is 0 Å². The van der Waals surface area contributed by atoms with Crippen LogP contribution >= 0.6 is 0 Å². The third-order valence-corrected chi connectivity index (χ3v) is 3.82. The maximum atomic E-state index is 12.3. The molecule has 21 heavy (non-hydrogen) atoms. The van der Waals surface area contributed by atoms with E-state index in [-0.39, 0.29) is 11.8 Å². The van der Waals surface area contributed by atoms with Gasteiger partial charge in [-0.05, 0) is 12.1 Å². The van der Waals surface area contributed by atoms with Gasteiger partial charge >= 0.3 is 0 Å². The van der Waals surface area contributed by atoms with E-state index in [0.717, 1.165) is 18.9 Å². The van der Waals surface area contributed by atoms with E-state index in [0.29, 0.717) is 18.7 Å². The zero-order chi connectivity index (χ0) is 14.7. The lowest BCUT2D eigenvalue weighted by Crippen LogP contribution is -2.50. The molecule has 5 nitrogen and oxygen atoms in total. The molecule has 0 atom stereocenters. The van der Waals surface area contributed by atoms with Crippen LogP contribution in [0.2, 0.25) is 0 Å². The predicted octanol–water partition coefficient (Wildman–Crippen LogP) is 1.34. The summed E-state index contributed by atoms with van der Waals surface area (Å²) in [6, 6.07) is 5.61. The number of amides is 1. The smallest absolute Gasteiger partial charge is 0.233 e. The number of allylic oxidation sites excluding steroid dienone is 2. The average Bonchev–Trinajstić information content (AvgIpc) is 3.09. The van der Waals surface area contributed by atoms with Crippen LogP contribution in [0.4, 0.5) is 5.82 Å². The zero-order valence-corrected chi connectivity index (χ0v) is 11.6. The average molecular weight is 280 g/mol. The van der Waals surface area contributed by atoms with Crippen LogP contribution in [0.5, 0.6) is 0 Å². The van der Waals surface area contributed by atoms with E-state index in [9.17, 15) is 4.79 Å². The quantitative estimate of drug-likeness (QED) is 0.820. The van der Waals surface area contributed by atoms with Crippen LogP contribution in [-0.4, -0.2) is 42.0 Å². The normalized spacial score (nSPS) is 18.0. The summed E-state index contributed by atoms with van der Waals surface area (Å²) < 4.78 is 0. The molecule has 1 aliphatic heterocycles. The monoisotopic (exact) mass is 280 g/mol. The maximum Gasteiger partial charge on any atom is 0.233 e. The number of carbonyl (C=O) groups excluding carboxylic acids is 1. The Kier molecular flexibility index (Phi) is 3.69. The molecular weight excluding hydrogens is 264 g/mol. The molecule has 2 heterocycles. The van der Waals surface area contributed by atoms with Gasteiger partial charge in [-0.3, -0.25) is 4.79 Å². The van der Waals surface area contributed by atoms with Crippen molar-refractivity contribution in [2.75, 3.05) is 31.1 Å². The number of hydrogen-bond donors (Lipinski definition) is 0. The van der Waals surface area contributed by atoms with Crippen molar-refractivity contribution in [1.29, 1.82) is 5.26 Å². The number of aromatic nitrogens is 1. The largest absolute Gasteiger partial charge is 0.353 e. The van der Waals surface area contributed by atoms with Gasteiger partial charge in [0.2, 0.25) is 5.91 Å². The summed E-state index contributed by atoms with van der Waals surface area (Å²) in [5.74, 6) is 0.872. The fourth-order valence-corrected chi connectivity index (χ4v) is 2.62. The molecule has 5 heteroatoms. The number of piperazine rings is 1. The lowest BCUT2D eigenvalue weighted by molar-refractivity contribution is -0.132. The van der Waals surface area contributed by atoms with Gasteiger partial charge in [0.1, 0.15) is 5.82 Å². The number of carbonyl (C=O) groups is 1. The van der Waals surface area contributed by atoms with E-state index in [1.807, 2.05) is 29.2 Å². The van der Waals surface area contributed by atoms with Gasteiger partial charge in [-0.25, -0.2) is 4.98 Å². The molecule has 1 fully saturated rings. The van der Waals surface area contributed by atoms with Crippen molar-refractivity contribution in [3.63, 3.8) is 0 Å². The fourth-order valence-electron chi connectivity index (χ4n) is 2.62. The molecule has 1 saturated heterocycles. The third kappa shape index (κ3) is 2.79. The summed E-state index contributed by atoms with van der Waals surface area (Å²) in [5.41, 5.74) is 0.611. The highest BCUT2D eigenvalue weighted by Gasteiger charge is 2.25. The molecule has 106 valence electrons. The Labute approximate surface area is 123 Å². The Morgan fingerprint density at radius 1 is 1.24 bits per heavy atom. The number of nitrogens with zero attached hydrogens (tertiary/aromatic N) is 4. The first-order valence-electron chi connectivity index (χ1n) is 7.03. The topological polar surface area (TPSA) is 60.2 Å². The van der Waals surface area contributed by atoms with Gasteiger partial charge in [-0.1, -0.05) is 24.3 Å². The molecular formula is C16H16N4O. The van der Waals surface area contributed by atoms with Gasteiger partial charge in [-0.2, -0.15) is 5.26 Å². The second-order valence-corrected chi connectivity index (χ2v) is 5.12. The lowest BCUT2D eigenvalue weighted by atomic mass is 10.1. The van der Waals surface area contributed by atoms with Crippen molar-refractivity contribution in [3.05, 3.63) is 48.2 Å². The first-order valence-corrected chi connectivity index (χ1v) is 7.03. The first-order chi connectivity index (χ1) is 10.3. The highest BCUT2D eigenvalue weighted by Crippen LogP contribution is 2.18. The van der Waals surface area contributed by atoms with Gasteiger partial charge in [0.05, 0.1) is 17.6 Å². The first kappa shape index (κ1) is 13.4. The van der Waals surface area contributed by atoms with E-state index in [1.165, 1.54) is 0 Å². The fraction of sp³-hybridized carbons (Fsp3) is 0.312. The molecule has 3 rings (SSSR count). The van der Waals surface area contributed by atoms with Gasteiger partial charge in [0.15, 0.2) is 0 Å². The van der Waals surface area contributed by atoms with Gasteiger partial charge < -0.3 is 9.80 Å². The number of nitriles is 1. The van der Waals surface area contributed by atoms with Crippen molar-refractivity contribution in [2.45, 2.75) is 0 Å². The summed E-state index contributed by atoms with van der Waals surface area (Å²) in [6.07, 6.45) is 9.32. The molecule has 1 aromatic rings. The van der Waals surface area contributed by atoms with Crippen LogP contribution < -0.4 is 4.90 Å². The maximum absolute atomic E-state index is 12.3. The highest BCUT2D eigenvalue weighted by atomic mass is 16.2. The van der Waals surface area contributed by atoms with Crippen molar-refractivity contribution in [2.24, 2.45) is 5.92 Å². The van der Waals surface area contributed by atoms with Gasteiger partial charge in [0, 0.05) is 32.4 Å². The number of rotatable bonds is 2. The molecule has 2 aliphatic rings. The molecule has 0 aromatic carbocycles. The second-order valence-electron chi connectivity index (χ2n) is 5.12. The minimum absolute atomic E-state index is 0.100. The summed E-state index contributed by atoms with van der Waals surface area (Å²) in [4.78, 5) is 20.6. The van der Waals surface area contributed by atoms with E-state index in [4.69, 9.17) is 5.26 Å². The van der Waals surface area contributed by atoms with Crippen LogP contribution in [0.25, 0.3) is 0 Å². The summed E-state index contributed by atoms with van der Waals surface area (Å²) in [7, 11) is 0. The van der Waals surface area contributed by atoms with E-state index in [2.05, 4.69) is 16.0 Å². The summed E-state index contributed by atoms with van der Waals surface area (Å²) >= 11 is 0. The van der Waals surface area contributed by atoms with E-state index in [1.54, 1.807) is 18.3 Å². The van der Waals surface area contributed by atoms with Crippen LogP contribution in [0.15, 0.2) is 42.6 Å². The highest BCUT2D eigenvalue weighted by molar-refractivity contribution is 5.83. The Morgan fingerprint density at radius 2 is 1.95 bits per heavy atom. The molecule has 0 unspecified atom stereocenters. The van der Waals surface area contributed by atoms with Crippen molar-refractivity contribution in [3.8, 4) is 6.07 Å².